The summed E-state index contributed by atoms with van der Waals surface area (Å²) in [6.07, 6.45) is 2.69. The SMILES string of the molecule is CN(CCOCC1CC1)c1ccc(CO)cc1. The maximum absolute atomic E-state index is 8.96. The van der Waals surface area contributed by atoms with E-state index in [1.807, 2.05) is 24.3 Å². The molecule has 94 valence electrons. The normalized spacial score (nSPS) is 14.9. The monoisotopic (exact) mass is 235 g/mol. The first kappa shape index (κ1) is 12.4. The minimum Gasteiger partial charge on any atom is -0.392 e. The van der Waals surface area contributed by atoms with Crippen LogP contribution in [0, 0.1) is 5.92 Å². The number of hydrogen-bond acceptors (Lipinski definition) is 3. The second-order valence-electron chi connectivity index (χ2n) is 4.76. The fourth-order valence-corrected chi connectivity index (χ4v) is 1.72. The number of aliphatic hydroxyl groups excluding tert-OH is 1. The molecule has 2 rings (SSSR count). The zero-order valence-corrected chi connectivity index (χ0v) is 10.4. The molecule has 0 bridgehead atoms. The molecule has 0 amide bonds. The van der Waals surface area contributed by atoms with E-state index in [9.17, 15) is 0 Å². The molecule has 17 heavy (non-hydrogen) atoms. The van der Waals surface area contributed by atoms with Crippen molar-refractivity contribution in [2.75, 3.05) is 31.7 Å². The Labute approximate surface area is 103 Å². The van der Waals surface area contributed by atoms with Gasteiger partial charge in [-0.05, 0) is 36.5 Å². The van der Waals surface area contributed by atoms with Crippen molar-refractivity contribution in [2.45, 2.75) is 19.4 Å². The number of rotatable bonds is 7. The van der Waals surface area contributed by atoms with E-state index in [0.29, 0.717) is 0 Å². The third-order valence-electron chi connectivity index (χ3n) is 3.18. The molecule has 0 saturated heterocycles. The smallest absolute Gasteiger partial charge is 0.0681 e. The molecule has 0 aliphatic heterocycles. The van der Waals surface area contributed by atoms with Crippen LogP contribution in [-0.4, -0.2) is 31.9 Å². The summed E-state index contributed by atoms with van der Waals surface area (Å²) < 4.78 is 5.61. The summed E-state index contributed by atoms with van der Waals surface area (Å²) in [6.45, 7) is 2.73. The Morgan fingerprint density at radius 2 is 2.00 bits per heavy atom. The molecule has 1 aliphatic rings. The van der Waals surface area contributed by atoms with Gasteiger partial charge in [0.15, 0.2) is 0 Å². The Kier molecular flexibility index (Phi) is 4.40. The van der Waals surface area contributed by atoms with Crippen molar-refractivity contribution in [3.05, 3.63) is 29.8 Å². The van der Waals surface area contributed by atoms with Crippen LogP contribution in [0.4, 0.5) is 5.69 Å². The highest BCUT2D eigenvalue weighted by Crippen LogP contribution is 2.28. The van der Waals surface area contributed by atoms with Gasteiger partial charge in [-0.1, -0.05) is 12.1 Å². The van der Waals surface area contributed by atoms with E-state index in [0.717, 1.165) is 36.9 Å². The fraction of sp³-hybridized carbons (Fsp3) is 0.571. The van der Waals surface area contributed by atoms with Crippen LogP contribution < -0.4 is 4.90 Å². The minimum atomic E-state index is 0.106. The third kappa shape index (κ3) is 4.02. The highest BCUT2D eigenvalue weighted by atomic mass is 16.5. The molecule has 3 nitrogen and oxygen atoms in total. The molecule has 1 N–H and O–H groups in total. The summed E-state index contributed by atoms with van der Waals surface area (Å²) in [5.41, 5.74) is 2.12. The van der Waals surface area contributed by atoms with Crippen molar-refractivity contribution in [2.24, 2.45) is 5.92 Å². The van der Waals surface area contributed by atoms with E-state index in [2.05, 4.69) is 11.9 Å². The first-order valence-corrected chi connectivity index (χ1v) is 6.28. The number of benzene rings is 1. The summed E-state index contributed by atoms with van der Waals surface area (Å²) in [7, 11) is 2.06. The number of hydrogen-bond donors (Lipinski definition) is 1. The van der Waals surface area contributed by atoms with Crippen molar-refractivity contribution in [3.8, 4) is 0 Å². The molecule has 0 aromatic heterocycles. The molecule has 1 aliphatic carbocycles. The molecular formula is C14H21NO2. The Balaban J connectivity index is 1.71. The van der Waals surface area contributed by atoms with E-state index in [1.165, 1.54) is 12.8 Å². The van der Waals surface area contributed by atoms with Crippen LogP contribution in [0.1, 0.15) is 18.4 Å². The molecule has 0 unspecified atom stereocenters. The van der Waals surface area contributed by atoms with Gasteiger partial charge in [0.25, 0.3) is 0 Å². The van der Waals surface area contributed by atoms with Crippen molar-refractivity contribution in [3.63, 3.8) is 0 Å². The minimum absolute atomic E-state index is 0.106. The Bertz CT molecular complexity index is 333. The van der Waals surface area contributed by atoms with Crippen LogP contribution in [0.2, 0.25) is 0 Å². The van der Waals surface area contributed by atoms with Crippen molar-refractivity contribution in [1.82, 2.24) is 0 Å². The molecule has 0 heterocycles. The molecule has 1 aromatic carbocycles. The quantitative estimate of drug-likeness (QED) is 0.734. The standard InChI is InChI=1S/C14H21NO2/c1-15(8-9-17-11-13-2-3-13)14-6-4-12(10-16)5-7-14/h4-7,13,16H,2-3,8-11H2,1H3. The van der Waals surface area contributed by atoms with Crippen LogP contribution in [0.15, 0.2) is 24.3 Å². The van der Waals surface area contributed by atoms with Crippen LogP contribution >= 0.6 is 0 Å². The summed E-state index contributed by atoms with van der Waals surface area (Å²) >= 11 is 0. The highest BCUT2D eigenvalue weighted by molar-refractivity contribution is 5.46. The highest BCUT2D eigenvalue weighted by Gasteiger charge is 2.20. The van der Waals surface area contributed by atoms with Gasteiger partial charge in [0.1, 0.15) is 0 Å². The molecule has 1 saturated carbocycles. The van der Waals surface area contributed by atoms with Gasteiger partial charge in [0.05, 0.1) is 13.2 Å². The van der Waals surface area contributed by atoms with Crippen LogP contribution in [0.5, 0.6) is 0 Å². The second kappa shape index (κ2) is 6.03. The molecule has 0 spiro atoms. The van der Waals surface area contributed by atoms with Crippen molar-refractivity contribution in [1.29, 1.82) is 0 Å². The van der Waals surface area contributed by atoms with Gasteiger partial charge in [-0.25, -0.2) is 0 Å². The van der Waals surface area contributed by atoms with Gasteiger partial charge in [-0.3, -0.25) is 0 Å². The lowest BCUT2D eigenvalue weighted by Gasteiger charge is -2.19. The van der Waals surface area contributed by atoms with E-state index < -0.39 is 0 Å². The van der Waals surface area contributed by atoms with Crippen LogP contribution in [0.25, 0.3) is 0 Å². The lowest BCUT2D eigenvalue weighted by Crippen LogP contribution is -2.22. The predicted octanol–water partition coefficient (Wildman–Crippen LogP) is 2.04. The zero-order valence-electron chi connectivity index (χ0n) is 10.4. The lowest BCUT2D eigenvalue weighted by molar-refractivity contribution is 0.131. The zero-order chi connectivity index (χ0) is 12.1. The van der Waals surface area contributed by atoms with Crippen molar-refractivity contribution >= 4 is 5.69 Å². The summed E-state index contributed by atoms with van der Waals surface area (Å²) in [5, 5.41) is 8.96. The fourth-order valence-electron chi connectivity index (χ4n) is 1.72. The summed E-state index contributed by atoms with van der Waals surface area (Å²) in [6, 6.07) is 7.98. The molecule has 3 heteroatoms. The second-order valence-corrected chi connectivity index (χ2v) is 4.76. The first-order chi connectivity index (χ1) is 8.29. The number of aliphatic hydroxyl groups is 1. The summed E-state index contributed by atoms with van der Waals surface area (Å²) in [5.74, 6) is 0.837. The van der Waals surface area contributed by atoms with E-state index in [4.69, 9.17) is 9.84 Å². The number of anilines is 1. The maximum atomic E-state index is 8.96. The molecule has 0 radical (unpaired) electrons. The van der Waals surface area contributed by atoms with Gasteiger partial charge < -0.3 is 14.7 Å². The maximum Gasteiger partial charge on any atom is 0.0681 e. The molecule has 1 fully saturated rings. The van der Waals surface area contributed by atoms with Crippen LogP contribution in [0.3, 0.4) is 0 Å². The van der Waals surface area contributed by atoms with Gasteiger partial charge >= 0.3 is 0 Å². The van der Waals surface area contributed by atoms with Gasteiger partial charge in [0, 0.05) is 25.9 Å². The lowest BCUT2D eigenvalue weighted by atomic mass is 10.2. The molecule has 1 aromatic rings. The Morgan fingerprint density at radius 3 is 2.59 bits per heavy atom. The third-order valence-corrected chi connectivity index (χ3v) is 3.18. The van der Waals surface area contributed by atoms with E-state index >= 15 is 0 Å². The largest absolute Gasteiger partial charge is 0.392 e. The number of ether oxygens (including phenoxy) is 1. The van der Waals surface area contributed by atoms with Crippen molar-refractivity contribution < 1.29 is 9.84 Å². The summed E-state index contributed by atoms with van der Waals surface area (Å²) in [4.78, 5) is 2.17. The topological polar surface area (TPSA) is 32.7 Å². The van der Waals surface area contributed by atoms with E-state index in [1.54, 1.807) is 0 Å². The predicted molar refractivity (Wildman–Crippen MR) is 69.2 cm³/mol. The van der Waals surface area contributed by atoms with Crippen LogP contribution in [-0.2, 0) is 11.3 Å². The number of likely N-dealkylation sites (N-methyl/N-ethyl adjacent to an activating group) is 1. The Hall–Kier alpha value is -1.06. The van der Waals surface area contributed by atoms with Gasteiger partial charge in [0.2, 0.25) is 0 Å². The van der Waals surface area contributed by atoms with Gasteiger partial charge in [-0.2, -0.15) is 0 Å². The average molecular weight is 235 g/mol. The Morgan fingerprint density at radius 1 is 1.29 bits per heavy atom. The number of nitrogens with zero attached hydrogens (tertiary/aromatic N) is 1. The molecule has 0 atom stereocenters. The first-order valence-electron chi connectivity index (χ1n) is 6.28. The van der Waals surface area contributed by atoms with Gasteiger partial charge in [-0.15, -0.1) is 0 Å². The van der Waals surface area contributed by atoms with E-state index in [-0.39, 0.29) is 6.61 Å². The average Bonchev–Trinajstić information content (AvgIpc) is 3.18. The molecular weight excluding hydrogens is 214 g/mol.